The highest BCUT2D eigenvalue weighted by molar-refractivity contribution is 6.03. The second kappa shape index (κ2) is 4.83. The van der Waals surface area contributed by atoms with Crippen LogP contribution < -0.4 is 5.32 Å². The lowest BCUT2D eigenvalue weighted by molar-refractivity contribution is 0.102. The molecule has 2 rings (SSSR count). The van der Waals surface area contributed by atoms with Gasteiger partial charge in [0.15, 0.2) is 0 Å². The molecule has 0 aliphatic heterocycles. The van der Waals surface area contributed by atoms with Gasteiger partial charge in [0.2, 0.25) is 5.95 Å². The lowest BCUT2D eigenvalue weighted by Crippen LogP contribution is -2.14. The molecule has 2 N–H and O–H groups in total. The molecule has 0 atom stereocenters. The SMILES string of the molecule is Cc1cc(C(=O)Nc2ncccn2)cc(C)c1O. The molecule has 0 bridgehead atoms. The van der Waals surface area contributed by atoms with Gasteiger partial charge in [-0.05, 0) is 43.2 Å². The van der Waals surface area contributed by atoms with Crippen molar-refractivity contribution in [2.45, 2.75) is 13.8 Å². The molecule has 5 heteroatoms. The first-order valence-corrected chi connectivity index (χ1v) is 5.46. The van der Waals surface area contributed by atoms with E-state index in [4.69, 9.17) is 0 Å². The average molecular weight is 243 g/mol. The van der Waals surface area contributed by atoms with Crippen LogP contribution >= 0.6 is 0 Å². The molecule has 0 aliphatic rings. The van der Waals surface area contributed by atoms with E-state index in [9.17, 15) is 9.90 Å². The summed E-state index contributed by atoms with van der Waals surface area (Å²) in [7, 11) is 0. The standard InChI is InChI=1S/C13H13N3O2/c1-8-6-10(7-9(2)11(8)17)12(18)16-13-14-4-3-5-15-13/h3-7,17H,1-2H3,(H,14,15,16,18). The molecule has 18 heavy (non-hydrogen) atoms. The van der Waals surface area contributed by atoms with Gasteiger partial charge in [-0.2, -0.15) is 0 Å². The summed E-state index contributed by atoms with van der Waals surface area (Å²) in [5, 5.41) is 12.2. The number of hydrogen-bond donors (Lipinski definition) is 2. The summed E-state index contributed by atoms with van der Waals surface area (Å²) in [6.45, 7) is 3.50. The van der Waals surface area contributed by atoms with Crippen LogP contribution in [0.25, 0.3) is 0 Å². The number of phenolic OH excluding ortho intramolecular Hbond substituents is 1. The Balaban J connectivity index is 2.25. The van der Waals surface area contributed by atoms with Crippen molar-refractivity contribution >= 4 is 11.9 Å². The quantitative estimate of drug-likeness (QED) is 0.846. The van der Waals surface area contributed by atoms with E-state index < -0.39 is 0 Å². The second-order valence-corrected chi connectivity index (χ2v) is 3.99. The molecule has 0 saturated carbocycles. The highest BCUT2D eigenvalue weighted by Gasteiger charge is 2.11. The number of carbonyl (C=O) groups is 1. The maximum atomic E-state index is 12.0. The number of anilines is 1. The van der Waals surface area contributed by atoms with Crippen molar-refractivity contribution in [3.05, 3.63) is 47.3 Å². The number of nitrogens with zero attached hydrogens (tertiary/aromatic N) is 2. The van der Waals surface area contributed by atoms with Gasteiger partial charge in [-0.1, -0.05) is 0 Å². The van der Waals surface area contributed by atoms with Crippen LogP contribution in [0.4, 0.5) is 5.95 Å². The summed E-state index contributed by atoms with van der Waals surface area (Å²) in [6.07, 6.45) is 3.10. The molecule has 1 heterocycles. The van der Waals surface area contributed by atoms with Crippen molar-refractivity contribution in [1.29, 1.82) is 0 Å². The summed E-state index contributed by atoms with van der Waals surface area (Å²) in [6, 6.07) is 4.92. The van der Waals surface area contributed by atoms with Gasteiger partial charge in [0, 0.05) is 18.0 Å². The van der Waals surface area contributed by atoms with Crippen molar-refractivity contribution in [2.24, 2.45) is 0 Å². The lowest BCUT2D eigenvalue weighted by atomic mass is 10.1. The van der Waals surface area contributed by atoms with Crippen molar-refractivity contribution in [2.75, 3.05) is 5.32 Å². The fourth-order valence-electron chi connectivity index (χ4n) is 1.62. The van der Waals surface area contributed by atoms with Crippen LogP contribution in [0.2, 0.25) is 0 Å². The highest BCUT2D eigenvalue weighted by Crippen LogP contribution is 2.23. The van der Waals surface area contributed by atoms with Crippen LogP contribution in [0.3, 0.4) is 0 Å². The molecular formula is C13H13N3O2. The first kappa shape index (κ1) is 12.0. The van der Waals surface area contributed by atoms with Crippen molar-refractivity contribution in [1.82, 2.24) is 9.97 Å². The summed E-state index contributed by atoms with van der Waals surface area (Å²) >= 11 is 0. The minimum atomic E-state index is -0.299. The minimum absolute atomic E-state index is 0.211. The molecule has 1 amide bonds. The van der Waals surface area contributed by atoms with Gasteiger partial charge in [0.05, 0.1) is 0 Å². The van der Waals surface area contributed by atoms with Crippen LogP contribution in [-0.4, -0.2) is 21.0 Å². The van der Waals surface area contributed by atoms with E-state index in [2.05, 4.69) is 15.3 Å². The van der Waals surface area contributed by atoms with Gasteiger partial charge < -0.3 is 5.11 Å². The Labute approximate surface area is 105 Å². The van der Waals surface area contributed by atoms with Gasteiger partial charge in [-0.3, -0.25) is 10.1 Å². The normalized spacial score (nSPS) is 10.1. The Morgan fingerprint density at radius 1 is 1.17 bits per heavy atom. The highest BCUT2D eigenvalue weighted by atomic mass is 16.3. The predicted molar refractivity (Wildman–Crippen MR) is 67.6 cm³/mol. The van der Waals surface area contributed by atoms with Gasteiger partial charge >= 0.3 is 0 Å². The third kappa shape index (κ3) is 2.45. The van der Waals surface area contributed by atoms with E-state index in [1.807, 2.05) is 0 Å². The molecule has 0 fully saturated rings. The number of phenols is 1. The minimum Gasteiger partial charge on any atom is -0.507 e. The van der Waals surface area contributed by atoms with Crippen molar-refractivity contribution in [3.63, 3.8) is 0 Å². The summed E-state index contributed by atoms with van der Waals surface area (Å²) in [4.78, 5) is 19.8. The third-order valence-corrected chi connectivity index (χ3v) is 2.54. The Morgan fingerprint density at radius 3 is 2.28 bits per heavy atom. The molecule has 0 radical (unpaired) electrons. The van der Waals surface area contributed by atoms with E-state index in [1.165, 1.54) is 0 Å². The topological polar surface area (TPSA) is 75.1 Å². The molecule has 0 spiro atoms. The van der Waals surface area contributed by atoms with E-state index in [1.54, 1.807) is 44.4 Å². The van der Waals surface area contributed by atoms with Crippen LogP contribution in [-0.2, 0) is 0 Å². The number of rotatable bonds is 2. The molecule has 2 aromatic rings. The number of nitrogens with one attached hydrogen (secondary N) is 1. The zero-order chi connectivity index (χ0) is 13.1. The molecule has 92 valence electrons. The first-order valence-electron chi connectivity index (χ1n) is 5.46. The van der Waals surface area contributed by atoms with Crippen molar-refractivity contribution < 1.29 is 9.90 Å². The maximum Gasteiger partial charge on any atom is 0.258 e. The maximum absolute atomic E-state index is 12.0. The number of aryl methyl sites for hydroxylation is 2. The number of benzene rings is 1. The molecule has 5 nitrogen and oxygen atoms in total. The summed E-state index contributed by atoms with van der Waals surface area (Å²) in [5.41, 5.74) is 1.79. The van der Waals surface area contributed by atoms with Crippen LogP contribution in [0.1, 0.15) is 21.5 Å². The first-order chi connectivity index (χ1) is 8.58. The van der Waals surface area contributed by atoms with E-state index >= 15 is 0 Å². The van der Waals surface area contributed by atoms with Gasteiger partial charge in [0.25, 0.3) is 5.91 Å². The van der Waals surface area contributed by atoms with Gasteiger partial charge in [0.1, 0.15) is 5.75 Å². The largest absolute Gasteiger partial charge is 0.507 e. The fourth-order valence-corrected chi connectivity index (χ4v) is 1.62. The molecule has 1 aromatic heterocycles. The zero-order valence-electron chi connectivity index (χ0n) is 10.1. The Hall–Kier alpha value is -2.43. The Morgan fingerprint density at radius 2 is 1.72 bits per heavy atom. The van der Waals surface area contributed by atoms with Crippen molar-refractivity contribution in [3.8, 4) is 5.75 Å². The monoisotopic (exact) mass is 243 g/mol. The van der Waals surface area contributed by atoms with Crippen LogP contribution in [0.15, 0.2) is 30.6 Å². The smallest absolute Gasteiger partial charge is 0.258 e. The number of aromatic nitrogens is 2. The average Bonchev–Trinajstić information content (AvgIpc) is 2.36. The summed E-state index contributed by atoms with van der Waals surface area (Å²) < 4.78 is 0. The van der Waals surface area contributed by atoms with E-state index in [0.29, 0.717) is 16.7 Å². The number of aromatic hydroxyl groups is 1. The molecular weight excluding hydrogens is 230 g/mol. The van der Waals surface area contributed by atoms with Gasteiger partial charge in [-0.15, -0.1) is 0 Å². The Kier molecular flexibility index (Phi) is 3.23. The molecule has 1 aromatic carbocycles. The van der Waals surface area contributed by atoms with Gasteiger partial charge in [-0.25, -0.2) is 9.97 Å². The third-order valence-electron chi connectivity index (χ3n) is 2.54. The molecule has 0 unspecified atom stereocenters. The van der Waals surface area contributed by atoms with Crippen LogP contribution in [0.5, 0.6) is 5.75 Å². The molecule has 0 saturated heterocycles. The second-order valence-electron chi connectivity index (χ2n) is 3.99. The molecule has 0 aliphatic carbocycles. The summed E-state index contributed by atoms with van der Waals surface area (Å²) in [5.74, 6) is 0.167. The Bertz CT molecular complexity index is 559. The zero-order valence-corrected chi connectivity index (χ0v) is 10.1. The number of hydrogen-bond acceptors (Lipinski definition) is 4. The lowest BCUT2D eigenvalue weighted by Gasteiger charge is -2.07. The van der Waals surface area contributed by atoms with Crippen LogP contribution in [0, 0.1) is 13.8 Å². The number of amides is 1. The van der Waals surface area contributed by atoms with E-state index in [-0.39, 0.29) is 17.6 Å². The number of carbonyl (C=O) groups excluding carboxylic acids is 1. The predicted octanol–water partition coefficient (Wildman–Crippen LogP) is 2.05. The van der Waals surface area contributed by atoms with E-state index in [0.717, 1.165) is 0 Å². The fraction of sp³-hybridized carbons (Fsp3) is 0.154.